The zero-order valence-electron chi connectivity index (χ0n) is 10.6. The van der Waals surface area contributed by atoms with Crippen LogP contribution in [-0.4, -0.2) is 19.8 Å². The molecule has 0 spiro atoms. The highest BCUT2D eigenvalue weighted by Crippen LogP contribution is 2.36. The van der Waals surface area contributed by atoms with E-state index in [4.69, 9.17) is 9.47 Å². The predicted octanol–water partition coefficient (Wildman–Crippen LogP) is 0.112. The topological polar surface area (TPSA) is 30.5 Å². The molecule has 2 rings (SSSR count). The van der Waals surface area contributed by atoms with Gasteiger partial charge in [-0.25, -0.2) is 0 Å². The Bertz CT molecular complexity index is 397. The van der Waals surface area contributed by atoms with Gasteiger partial charge in [0.1, 0.15) is 0 Å². The van der Waals surface area contributed by atoms with Crippen molar-refractivity contribution in [2.45, 2.75) is 32.4 Å². The molecule has 0 atom stereocenters. The minimum atomic E-state index is 0. The zero-order valence-corrected chi connectivity index (χ0v) is 13.0. The summed E-state index contributed by atoms with van der Waals surface area (Å²) in [6.07, 6.45) is 2.60. The van der Waals surface area contributed by atoms with Crippen LogP contribution in [0.3, 0.4) is 0 Å². The Morgan fingerprint density at radius 1 is 1.39 bits per heavy atom. The SMILES string of the molecule is CCOc1c(Br)cc(CNC2CC2)cc1OC.[Cl-]. The van der Waals surface area contributed by atoms with Crippen molar-refractivity contribution < 1.29 is 21.9 Å². The minimum Gasteiger partial charge on any atom is -1.00 e. The van der Waals surface area contributed by atoms with Crippen molar-refractivity contribution in [3.8, 4) is 11.5 Å². The van der Waals surface area contributed by atoms with Crippen molar-refractivity contribution in [2.75, 3.05) is 13.7 Å². The summed E-state index contributed by atoms with van der Waals surface area (Å²) in [7, 11) is 1.67. The van der Waals surface area contributed by atoms with Crippen molar-refractivity contribution in [3.05, 3.63) is 22.2 Å². The molecule has 1 aliphatic carbocycles. The van der Waals surface area contributed by atoms with Gasteiger partial charge in [-0.05, 0) is 53.4 Å². The van der Waals surface area contributed by atoms with Crippen LogP contribution in [0.25, 0.3) is 0 Å². The second-order valence-corrected chi connectivity index (χ2v) is 5.05. The zero-order chi connectivity index (χ0) is 12.3. The van der Waals surface area contributed by atoms with Gasteiger partial charge in [0.15, 0.2) is 11.5 Å². The summed E-state index contributed by atoms with van der Waals surface area (Å²) in [5.41, 5.74) is 1.21. The van der Waals surface area contributed by atoms with Gasteiger partial charge in [-0.15, -0.1) is 0 Å². The molecule has 0 aliphatic heterocycles. The summed E-state index contributed by atoms with van der Waals surface area (Å²) in [6, 6.07) is 4.83. The normalized spacial score (nSPS) is 13.9. The first-order valence-corrected chi connectivity index (χ1v) is 6.76. The van der Waals surface area contributed by atoms with E-state index in [1.165, 1.54) is 18.4 Å². The van der Waals surface area contributed by atoms with Crippen molar-refractivity contribution in [1.29, 1.82) is 0 Å². The summed E-state index contributed by atoms with van der Waals surface area (Å²) < 4.78 is 11.9. The van der Waals surface area contributed by atoms with Crippen LogP contribution in [0, 0.1) is 0 Å². The molecular weight excluding hydrogens is 318 g/mol. The number of ether oxygens (including phenoxy) is 2. The standard InChI is InChI=1S/C13H18BrNO2.ClH/c1-3-17-13-11(14)6-9(7-12(13)16-2)8-15-10-4-5-10;/h6-7,10,15H,3-5,8H2,1-2H3;1H/p-1. The number of nitrogens with one attached hydrogen (secondary N) is 1. The third kappa shape index (κ3) is 4.04. The van der Waals surface area contributed by atoms with Gasteiger partial charge in [0.2, 0.25) is 0 Å². The van der Waals surface area contributed by atoms with Gasteiger partial charge >= 0.3 is 0 Å². The average Bonchev–Trinajstić information content (AvgIpc) is 3.13. The van der Waals surface area contributed by atoms with Gasteiger partial charge in [0.25, 0.3) is 0 Å². The summed E-state index contributed by atoms with van der Waals surface area (Å²) in [5, 5.41) is 3.49. The fourth-order valence-electron chi connectivity index (χ4n) is 1.71. The Kier molecular flexibility index (Phi) is 6.26. The van der Waals surface area contributed by atoms with Crippen LogP contribution < -0.4 is 27.2 Å². The molecule has 1 N–H and O–H groups in total. The molecule has 0 amide bonds. The van der Waals surface area contributed by atoms with Crippen molar-refractivity contribution in [3.63, 3.8) is 0 Å². The van der Waals surface area contributed by atoms with E-state index in [0.29, 0.717) is 12.6 Å². The first-order valence-electron chi connectivity index (χ1n) is 5.97. The average molecular weight is 336 g/mol. The molecule has 102 valence electrons. The van der Waals surface area contributed by atoms with Gasteiger partial charge in [0, 0.05) is 12.6 Å². The molecule has 1 aromatic carbocycles. The molecule has 0 bridgehead atoms. The highest BCUT2D eigenvalue weighted by atomic mass is 79.9. The molecule has 1 aliphatic rings. The third-order valence-electron chi connectivity index (χ3n) is 2.75. The summed E-state index contributed by atoms with van der Waals surface area (Å²) in [6.45, 7) is 3.48. The van der Waals surface area contributed by atoms with Crippen LogP contribution in [0.4, 0.5) is 0 Å². The number of hydrogen-bond donors (Lipinski definition) is 1. The van der Waals surface area contributed by atoms with Crippen LogP contribution in [-0.2, 0) is 6.54 Å². The van der Waals surface area contributed by atoms with Crippen LogP contribution in [0.1, 0.15) is 25.3 Å². The quantitative estimate of drug-likeness (QED) is 0.801. The molecule has 0 unspecified atom stereocenters. The molecule has 18 heavy (non-hydrogen) atoms. The Morgan fingerprint density at radius 3 is 2.67 bits per heavy atom. The Morgan fingerprint density at radius 2 is 2.11 bits per heavy atom. The summed E-state index contributed by atoms with van der Waals surface area (Å²) in [5.74, 6) is 1.57. The van der Waals surface area contributed by atoms with E-state index in [-0.39, 0.29) is 12.4 Å². The lowest BCUT2D eigenvalue weighted by molar-refractivity contribution is -0.00000421. The van der Waals surface area contributed by atoms with Gasteiger partial charge in [-0.1, -0.05) is 0 Å². The number of benzene rings is 1. The van der Waals surface area contributed by atoms with Crippen molar-refractivity contribution in [1.82, 2.24) is 5.32 Å². The lowest BCUT2D eigenvalue weighted by Crippen LogP contribution is -3.00. The molecule has 1 fully saturated rings. The smallest absolute Gasteiger partial charge is 0.175 e. The van der Waals surface area contributed by atoms with E-state index < -0.39 is 0 Å². The van der Waals surface area contributed by atoms with Crippen LogP contribution in [0.2, 0.25) is 0 Å². The first-order chi connectivity index (χ1) is 8.24. The molecule has 0 saturated heterocycles. The first kappa shape index (κ1) is 15.6. The molecule has 5 heteroatoms. The Balaban J connectivity index is 0.00000162. The summed E-state index contributed by atoms with van der Waals surface area (Å²) in [4.78, 5) is 0. The second kappa shape index (κ2) is 7.22. The largest absolute Gasteiger partial charge is 1.00 e. The van der Waals surface area contributed by atoms with Gasteiger partial charge in [-0.2, -0.15) is 0 Å². The maximum Gasteiger partial charge on any atom is 0.175 e. The minimum absolute atomic E-state index is 0. The van der Waals surface area contributed by atoms with E-state index in [1.807, 2.05) is 13.0 Å². The monoisotopic (exact) mass is 334 g/mol. The highest BCUT2D eigenvalue weighted by molar-refractivity contribution is 9.10. The van der Waals surface area contributed by atoms with Gasteiger partial charge < -0.3 is 27.2 Å². The molecule has 1 aromatic rings. The lowest BCUT2D eigenvalue weighted by Gasteiger charge is -2.13. The second-order valence-electron chi connectivity index (χ2n) is 4.20. The van der Waals surface area contributed by atoms with Crippen LogP contribution in [0.5, 0.6) is 11.5 Å². The highest BCUT2D eigenvalue weighted by Gasteiger charge is 2.20. The molecule has 0 aromatic heterocycles. The molecule has 0 radical (unpaired) electrons. The Labute approximate surface area is 123 Å². The fourth-order valence-corrected chi connectivity index (χ4v) is 2.31. The van der Waals surface area contributed by atoms with E-state index >= 15 is 0 Å². The van der Waals surface area contributed by atoms with Crippen molar-refractivity contribution in [2.24, 2.45) is 0 Å². The number of hydrogen-bond acceptors (Lipinski definition) is 3. The number of rotatable bonds is 6. The molecular formula is C13H18BrClNO2-. The molecule has 1 saturated carbocycles. The van der Waals surface area contributed by atoms with Crippen LogP contribution >= 0.6 is 15.9 Å². The maximum absolute atomic E-state index is 5.56. The van der Waals surface area contributed by atoms with E-state index in [1.54, 1.807) is 7.11 Å². The summed E-state index contributed by atoms with van der Waals surface area (Å²) >= 11 is 3.53. The number of methoxy groups -OCH3 is 1. The lowest BCUT2D eigenvalue weighted by atomic mass is 10.2. The maximum atomic E-state index is 5.56. The van der Waals surface area contributed by atoms with E-state index in [2.05, 4.69) is 27.3 Å². The van der Waals surface area contributed by atoms with E-state index in [0.717, 1.165) is 22.5 Å². The molecule has 0 heterocycles. The third-order valence-corrected chi connectivity index (χ3v) is 3.34. The fraction of sp³-hybridized carbons (Fsp3) is 0.538. The van der Waals surface area contributed by atoms with E-state index in [9.17, 15) is 0 Å². The Hall–Kier alpha value is -0.450. The number of halogens is 2. The van der Waals surface area contributed by atoms with Crippen LogP contribution in [0.15, 0.2) is 16.6 Å². The van der Waals surface area contributed by atoms with Gasteiger partial charge in [-0.3, -0.25) is 0 Å². The predicted molar refractivity (Wildman–Crippen MR) is 71.7 cm³/mol. The van der Waals surface area contributed by atoms with Crippen molar-refractivity contribution >= 4 is 15.9 Å². The van der Waals surface area contributed by atoms with Gasteiger partial charge in [0.05, 0.1) is 18.2 Å². The molecule has 3 nitrogen and oxygen atoms in total.